The summed E-state index contributed by atoms with van der Waals surface area (Å²) in [5, 5.41) is 5.59. The molecule has 0 amide bonds. The number of benzene rings is 2. The van der Waals surface area contributed by atoms with Crippen molar-refractivity contribution in [3.8, 4) is 11.6 Å². The van der Waals surface area contributed by atoms with Crippen LogP contribution in [0.3, 0.4) is 0 Å². The highest BCUT2D eigenvalue weighted by Crippen LogP contribution is 2.27. The molecule has 2 aromatic carbocycles. The smallest absolute Gasteiger partial charge is 0.241 e. The molecular formula is C15H14N2O. The molecular weight excluding hydrogens is 224 g/mol. The molecule has 0 unspecified atom stereocenters. The van der Waals surface area contributed by atoms with Crippen molar-refractivity contribution in [2.24, 2.45) is 0 Å². The predicted molar refractivity (Wildman–Crippen MR) is 72.2 cm³/mol. The third-order valence-corrected chi connectivity index (χ3v) is 2.84. The molecule has 18 heavy (non-hydrogen) atoms. The number of rotatable bonds is 3. The molecule has 0 saturated carbocycles. The largest absolute Gasteiger partial charge is 0.476 e. The van der Waals surface area contributed by atoms with E-state index in [0.29, 0.717) is 12.5 Å². The number of hydrogen-bond donors (Lipinski definition) is 0. The Morgan fingerprint density at radius 3 is 2.50 bits per heavy atom. The summed E-state index contributed by atoms with van der Waals surface area (Å²) in [5.74, 6) is 0.692. The predicted octanol–water partition coefficient (Wildman–Crippen LogP) is 3.42. The summed E-state index contributed by atoms with van der Waals surface area (Å²) < 4.78 is 7.51. The van der Waals surface area contributed by atoms with E-state index < -0.39 is 0 Å². The average molecular weight is 238 g/mol. The van der Waals surface area contributed by atoms with E-state index in [-0.39, 0.29) is 0 Å². The van der Waals surface area contributed by atoms with Crippen LogP contribution < -0.4 is 4.74 Å². The monoisotopic (exact) mass is 238 g/mol. The fourth-order valence-electron chi connectivity index (χ4n) is 2.05. The molecule has 0 saturated heterocycles. The molecule has 0 aliphatic carbocycles. The standard InChI is InChI=1S/C15H14N2O/c1-2-18-15-13-10-6-7-11-14(13)17(16-15)12-8-4-3-5-9-12/h3-11H,2H2,1H3. The van der Waals surface area contributed by atoms with Crippen LogP contribution in [0.25, 0.3) is 16.6 Å². The lowest BCUT2D eigenvalue weighted by Crippen LogP contribution is -1.97. The van der Waals surface area contributed by atoms with Crippen molar-refractivity contribution >= 4 is 10.9 Å². The zero-order chi connectivity index (χ0) is 12.4. The van der Waals surface area contributed by atoms with Gasteiger partial charge in [0, 0.05) is 0 Å². The van der Waals surface area contributed by atoms with Crippen LogP contribution in [-0.4, -0.2) is 16.4 Å². The van der Waals surface area contributed by atoms with Crippen molar-refractivity contribution in [2.75, 3.05) is 6.61 Å². The molecule has 0 spiro atoms. The summed E-state index contributed by atoms with van der Waals surface area (Å²) in [6.07, 6.45) is 0. The molecule has 1 aromatic heterocycles. The fraction of sp³-hybridized carbons (Fsp3) is 0.133. The second kappa shape index (κ2) is 4.53. The first-order chi connectivity index (χ1) is 8.90. The molecule has 0 aliphatic rings. The van der Waals surface area contributed by atoms with Crippen LogP contribution in [0.1, 0.15) is 6.92 Å². The Bertz CT molecular complexity index is 659. The van der Waals surface area contributed by atoms with Crippen LogP contribution in [0.2, 0.25) is 0 Å². The Balaban J connectivity index is 2.24. The topological polar surface area (TPSA) is 27.1 Å². The number of fused-ring (bicyclic) bond motifs is 1. The zero-order valence-electron chi connectivity index (χ0n) is 10.2. The van der Waals surface area contributed by atoms with Crippen molar-refractivity contribution in [1.29, 1.82) is 0 Å². The molecule has 3 heteroatoms. The molecule has 0 aliphatic heterocycles. The highest BCUT2D eigenvalue weighted by Gasteiger charge is 2.11. The zero-order valence-corrected chi connectivity index (χ0v) is 10.2. The summed E-state index contributed by atoms with van der Waals surface area (Å²) in [5.41, 5.74) is 2.10. The minimum atomic E-state index is 0.621. The molecule has 0 N–H and O–H groups in total. The lowest BCUT2D eigenvalue weighted by molar-refractivity contribution is 0.328. The van der Waals surface area contributed by atoms with Gasteiger partial charge in [0.15, 0.2) is 0 Å². The molecule has 3 nitrogen and oxygen atoms in total. The summed E-state index contributed by atoms with van der Waals surface area (Å²) in [6.45, 7) is 2.59. The second-order valence-corrected chi connectivity index (χ2v) is 4.00. The first-order valence-electron chi connectivity index (χ1n) is 6.06. The molecule has 0 atom stereocenters. The van der Waals surface area contributed by atoms with E-state index in [1.807, 2.05) is 60.1 Å². The van der Waals surface area contributed by atoms with E-state index in [9.17, 15) is 0 Å². The third-order valence-electron chi connectivity index (χ3n) is 2.84. The molecule has 0 fully saturated rings. The van der Waals surface area contributed by atoms with Gasteiger partial charge >= 0.3 is 0 Å². The first-order valence-corrected chi connectivity index (χ1v) is 6.06. The molecule has 1 heterocycles. The molecule has 3 aromatic rings. The SMILES string of the molecule is CCOc1nn(-c2ccccc2)c2ccccc12. The highest BCUT2D eigenvalue weighted by molar-refractivity contribution is 5.85. The van der Waals surface area contributed by atoms with Crippen LogP contribution in [0.15, 0.2) is 54.6 Å². The van der Waals surface area contributed by atoms with Gasteiger partial charge in [-0.25, -0.2) is 4.68 Å². The number of hydrogen-bond acceptors (Lipinski definition) is 2. The van der Waals surface area contributed by atoms with Gasteiger partial charge in [-0.3, -0.25) is 0 Å². The highest BCUT2D eigenvalue weighted by atomic mass is 16.5. The Hall–Kier alpha value is -2.29. The molecule has 3 rings (SSSR count). The summed E-state index contributed by atoms with van der Waals surface area (Å²) in [6, 6.07) is 18.2. The molecule has 0 bridgehead atoms. The van der Waals surface area contributed by atoms with Crippen LogP contribution in [-0.2, 0) is 0 Å². The van der Waals surface area contributed by atoms with Crippen molar-refractivity contribution < 1.29 is 4.74 Å². The summed E-state index contributed by atoms with van der Waals surface area (Å²) in [7, 11) is 0. The van der Waals surface area contributed by atoms with E-state index in [2.05, 4.69) is 11.2 Å². The normalized spacial score (nSPS) is 10.7. The third kappa shape index (κ3) is 1.74. The number of ether oxygens (including phenoxy) is 1. The van der Waals surface area contributed by atoms with Crippen LogP contribution in [0.5, 0.6) is 5.88 Å². The van der Waals surface area contributed by atoms with E-state index >= 15 is 0 Å². The van der Waals surface area contributed by atoms with E-state index in [1.165, 1.54) is 0 Å². The van der Waals surface area contributed by atoms with Gasteiger partial charge in [0.1, 0.15) is 0 Å². The van der Waals surface area contributed by atoms with Gasteiger partial charge in [-0.05, 0) is 31.2 Å². The van der Waals surface area contributed by atoms with Crippen molar-refractivity contribution in [2.45, 2.75) is 6.92 Å². The van der Waals surface area contributed by atoms with Crippen molar-refractivity contribution in [1.82, 2.24) is 9.78 Å². The lowest BCUT2D eigenvalue weighted by Gasteiger charge is -2.01. The van der Waals surface area contributed by atoms with E-state index in [1.54, 1.807) is 0 Å². The van der Waals surface area contributed by atoms with Crippen molar-refractivity contribution in [3.63, 3.8) is 0 Å². The maximum Gasteiger partial charge on any atom is 0.241 e. The van der Waals surface area contributed by atoms with Gasteiger partial charge in [0.05, 0.1) is 23.2 Å². The Kier molecular flexibility index (Phi) is 2.73. The minimum absolute atomic E-state index is 0.621. The van der Waals surface area contributed by atoms with Gasteiger partial charge in [0.2, 0.25) is 5.88 Å². The van der Waals surface area contributed by atoms with Gasteiger partial charge in [0.25, 0.3) is 0 Å². The van der Waals surface area contributed by atoms with Crippen LogP contribution in [0, 0.1) is 0 Å². The quantitative estimate of drug-likeness (QED) is 0.699. The van der Waals surface area contributed by atoms with E-state index in [4.69, 9.17) is 4.74 Å². The summed E-state index contributed by atoms with van der Waals surface area (Å²) >= 11 is 0. The van der Waals surface area contributed by atoms with Gasteiger partial charge in [-0.15, -0.1) is 5.10 Å². The van der Waals surface area contributed by atoms with Crippen molar-refractivity contribution in [3.05, 3.63) is 54.6 Å². The minimum Gasteiger partial charge on any atom is -0.476 e. The number of aromatic nitrogens is 2. The van der Waals surface area contributed by atoms with Crippen LogP contribution in [0.4, 0.5) is 0 Å². The van der Waals surface area contributed by atoms with Gasteiger partial charge in [-0.2, -0.15) is 0 Å². The Labute approximate surface area is 106 Å². The maximum absolute atomic E-state index is 5.59. The first kappa shape index (κ1) is 10.8. The van der Waals surface area contributed by atoms with E-state index in [0.717, 1.165) is 16.6 Å². The maximum atomic E-state index is 5.59. The Morgan fingerprint density at radius 1 is 1.00 bits per heavy atom. The summed E-state index contributed by atoms with van der Waals surface area (Å²) in [4.78, 5) is 0. The average Bonchev–Trinajstić information content (AvgIpc) is 2.80. The Morgan fingerprint density at radius 2 is 1.72 bits per heavy atom. The fourth-order valence-corrected chi connectivity index (χ4v) is 2.05. The number of nitrogens with zero attached hydrogens (tertiary/aromatic N) is 2. The van der Waals surface area contributed by atoms with Crippen LogP contribution >= 0.6 is 0 Å². The number of para-hydroxylation sites is 2. The second-order valence-electron chi connectivity index (χ2n) is 4.00. The molecule has 0 radical (unpaired) electrons. The van der Waals surface area contributed by atoms with Gasteiger partial charge < -0.3 is 4.74 Å². The lowest BCUT2D eigenvalue weighted by atomic mass is 10.2. The van der Waals surface area contributed by atoms with Gasteiger partial charge in [-0.1, -0.05) is 30.3 Å². The molecule has 90 valence electrons.